The number of hydrogen-bond donors (Lipinski definition) is 1. The molecule has 0 aromatic heterocycles. The number of nitrogens with zero attached hydrogens (tertiary/aromatic N) is 2. The molecule has 5 rings (SSSR count). The summed E-state index contributed by atoms with van der Waals surface area (Å²) in [4.78, 5) is 14.8. The molecule has 2 bridgehead atoms. The van der Waals surface area contributed by atoms with Crippen molar-refractivity contribution >= 4 is 5.78 Å². The fourth-order valence-electron chi connectivity index (χ4n) is 6.37. The van der Waals surface area contributed by atoms with Crippen LogP contribution in [0.2, 0.25) is 0 Å². The highest BCUT2D eigenvalue weighted by Crippen LogP contribution is 2.64. The number of hydrogen-bond acceptors (Lipinski definition) is 6. The number of carbonyl (C=O) groups is 1. The molecule has 27 heavy (non-hydrogen) atoms. The van der Waals surface area contributed by atoms with Gasteiger partial charge in [0.15, 0.2) is 11.5 Å². The normalized spacial score (nSPS) is 38.2. The number of phenols is 1. The van der Waals surface area contributed by atoms with E-state index in [1.165, 1.54) is 11.1 Å². The van der Waals surface area contributed by atoms with E-state index in [4.69, 9.17) is 14.7 Å². The van der Waals surface area contributed by atoms with Gasteiger partial charge < -0.3 is 19.5 Å². The van der Waals surface area contributed by atoms with E-state index in [9.17, 15) is 9.90 Å². The van der Waals surface area contributed by atoms with Crippen molar-refractivity contribution in [1.29, 1.82) is 5.26 Å². The zero-order valence-electron chi connectivity index (χ0n) is 16.0. The van der Waals surface area contributed by atoms with Crippen molar-refractivity contribution in [3.8, 4) is 18.1 Å². The first kappa shape index (κ1) is 18.3. The van der Waals surface area contributed by atoms with Gasteiger partial charge in [0.1, 0.15) is 18.0 Å². The largest absolute Gasteiger partial charge is 0.504 e. The summed E-state index contributed by atoms with van der Waals surface area (Å²) in [6, 6.07) is 4.23. The van der Waals surface area contributed by atoms with E-state index in [0.29, 0.717) is 17.7 Å². The van der Waals surface area contributed by atoms with Gasteiger partial charge in [-0.2, -0.15) is 0 Å². The molecule has 6 heteroatoms. The number of ketones is 1. The topological polar surface area (TPSA) is 82.8 Å². The Hall–Kier alpha value is -2.10. The number of rotatable bonds is 2. The molecule has 144 valence electrons. The highest BCUT2D eigenvalue weighted by molar-refractivity contribution is 5.80. The second kappa shape index (κ2) is 6.22. The minimum atomic E-state index is -0.254. The minimum Gasteiger partial charge on any atom is -0.504 e. The predicted octanol–water partition coefficient (Wildman–Crippen LogP) is 2.03. The number of benzene rings is 1. The molecular weight excluding hydrogens is 344 g/mol. The predicted molar refractivity (Wildman–Crippen MR) is 98.7 cm³/mol. The van der Waals surface area contributed by atoms with Crippen molar-refractivity contribution in [2.24, 2.45) is 11.8 Å². The number of Topliss-reactive ketones (excluding diaryl/α,β-unsaturated/α-hetero) is 1. The summed E-state index contributed by atoms with van der Waals surface area (Å²) in [5.41, 5.74) is 2.36. The van der Waals surface area contributed by atoms with Crippen LogP contribution in [0.1, 0.15) is 30.9 Å². The van der Waals surface area contributed by atoms with Crippen LogP contribution in [0.15, 0.2) is 12.1 Å². The first-order chi connectivity index (χ1) is 13.0. The van der Waals surface area contributed by atoms with Gasteiger partial charge in [-0.05, 0) is 57.3 Å². The zero-order chi connectivity index (χ0) is 19.5. The lowest BCUT2D eigenvalue weighted by atomic mass is 9.49. The quantitative estimate of drug-likeness (QED) is 0.858. The smallest absolute Gasteiger partial charge is 0.165 e. The first-order valence-corrected chi connectivity index (χ1v) is 9.50. The van der Waals surface area contributed by atoms with Gasteiger partial charge in [0.2, 0.25) is 0 Å². The number of carbonyl (C=O) groups excluding carboxylic acids is 1. The minimum absolute atomic E-state index is 0.133. The van der Waals surface area contributed by atoms with Gasteiger partial charge in [-0.25, -0.2) is 5.26 Å². The van der Waals surface area contributed by atoms with Gasteiger partial charge >= 0.3 is 0 Å². The monoisotopic (exact) mass is 370 g/mol. The Labute approximate surface area is 159 Å². The van der Waals surface area contributed by atoms with E-state index in [-0.39, 0.29) is 35.1 Å². The molecule has 2 aliphatic heterocycles. The second-order valence-corrected chi connectivity index (χ2v) is 8.29. The molecule has 1 N–H and O–H groups in total. The molecule has 6 nitrogen and oxygen atoms in total. The van der Waals surface area contributed by atoms with E-state index in [2.05, 4.69) is 24.6 Å². The van der Waals surface area contributed by atoms with Crippen molar-refractivity contribution in [1.82, 2.24) is 4.90 Å². The maximum atomic E-state index is 12.4. The van der Waals surface area contributed by atoms with E-state index < -0.39 is 0 Å². The number of piperidine rings is 1. The summed E-state index contributed by atoms with van der Waals surface area (Å²) in [5, 5.41) is 16.9. The average molecular weight is 370 g/mol. The fraction of sp³-hybridized carbons (Fsp3) is 0.619. The Bertz CT molecular complexity index is 807. The number of likely N-dealkylation sites (tertiary alicyclic amines) is 1. The molecule has 6 unspecified atom stereocenters. The van der Waals surface area contributed by atoms with E-state index in [1.54, 1.807) is 20.1 Å². The summed E-state index contributed by atoms with van der Waals surface area (Å²) in [5.74, 6) is 1.26. The summed E-state index contributed by atoms with van der Waals surface area (Å²) in [6.45, 7) is 6.18. The number of aromatic hydroxyl groups is 1. The Morgan fingerprint density at radius 2 is 2.19 bits per heavy atom. The third kappa shape index (κ3) is 2.16. The third-order valence-corrected chi connectivity index (χ3v) is 7.44. The molecule has 2 aliphatic carbocycles. The Morgan fingerprint density at radius 3 is 2.85 bits per heavy atom. The molecule has 1 aromatic carbocycles. The number of nitriles is 1. The van der Waals surface area contributed by atoms with Crippen LogP contribution < -0.4 is 4.74 Å². The maximum Gasteiger partial charge on any atom is 0.165 e. The van der Waals surface area contributed by atoms with Gasteiger partial charge in [0, 0.05) is 36.6 Å². The van der Waals surface area contributed by atoms with Crippen LogP contribution in [-0.2, 0) is 21.4 Å². The molecule has 2 heterocycles. The molecule has 0 radical (unpaired) electrons. The molecule has 2 fully saturated rings. The van der Waals surface area contributed by atoms with Crippen LogP contribution in [0, 0.1) is 23.7 Å². The molecule has 1 spiro atoms. The maximum absolute atomic E-state index is 12.4. The molecule has 1 saturated carbocycles. The van der Waals surface area contributed by atoms with Crippen LogP contribution in [0.25, 0.3) is 0 Å². The van der Waals surface area contributed by atoms with Crippen LogP contribution in [0.5, 0.6) is 11.5 Å². The van der Waals surface area contributed by atoms with Crippen molar-refractivity contribution in [3.63, 3.8) is 0 Å². The lowest BCUT2D eigenvalue weighted by molar-refractivity contribution is -0.154. The molecule has 0 amide bonds. The number of likely N-dealkylation sites (N-methyl/N-ethyl adjacent to an activating group) is 1. The lowest BCUT2D eigenvalue weighted by Gasteiger charge is -2.60. The van der Waals surface area contributed by atoms with Crippen LogP contribution >= 0.6 is 0 Å². The highest BCUT2D eigenvalue weighted by Gasteiger charge is 2.67. The van der Waals surface area contributed by atoms with Crippen LogP contribution in [0.4, 0.5) is 0 Å². The second-order valence-electron chi connectivity index (χ2n) is 8.29. The molecule has 1 aromatic rings. The Balaban J connectivity index is 0.000000872. The third-order valence-electron chi connectivity index (χ3n) is 7.44. The standard InChI is InChI=1S/C20H25NO4.CHN/c1-10(22)12-9-13-14-8-11-4-5-15(23)18-16(11)20(13,6-7-21(14)2)19(25-18)17(12)24-3;1-2/h4-5,12-14,17,19,23H,6-9H2,1-3H3;1H. The van der Waals surface area contributed by atoms with Crippen molar-refractivity contribution in [3.05, 3.63) is 23.3 Å². The summed E-state index contributed by atoms with van der Waals surface area (Å²) >= 11 is 0. The molecule has 4 aliphatic rings. The van der Waals surface area contributed by atoms with Gasteiger partial charge in [-0.3, -0.25) is 4.79 Å². The fourth-order valence-corrected chi connectivity index (χ4v) is 6.37. The van der Waals surface area contributed by atoms with E-state index >= 15 is 0 Å². The lowest BCUT2D eigenvalue weighted by Crippen LogP contribution is -2.68. The first-order valence-electron chi connectivity index (χ1n) is 9.50. The molecule has 1 saturated heterocycles. The van der Waals surface area contributed by atoms with Gasteiger partial charge in [-0.1, -0.05) is 6.07 Å². The van der Waals surface area contributed by atoms with Crippen LogP contribution in [-0.4, -0.2) is 54.7 Å². The summed E-state index contributed by atoms with van der Waals surface area (Å²) in [7, 11) is 3.87. The Morgan fingerprint density at radius 1 is 1.44 bits per heavy atom. The zero-order valence-corrected chi connectivity index (χ0v) is 16.0. The van der Waals surface area contributed by atoms with E-state index in [1.807, 2.05) is 0 Å². The van der Waals surface area contributed by atoms with Crippen molar-refractivity contribution in [2.75, 3.05) is 20.7 Å². The molecular formula is C21H26N2O4. The van der Waals surface area contributed by atoms with Crippen molar-refractivity contribution in [2.45, 2.75) is 49.9 Å². The molecule has 6 atom stereocenters. The number of phenolic OH excluding ortho intramolecular Hbond substituents is 1. The van der Waals surface area contributed by atoms with Gasteiger partial charge in [-0.15, -0.1) is 0 Å². The van der Waals surface area contributed by atoms with E-state index in [0.717, 1.165) is 25.8 Å². The summed E-state index contributed by atoms with van der Waals surface area (Å²) in [6.07, 6.45) is 2.35. The summed E-state index contributed by atoms with van der Waals surface area (Å²) < 4.78 is 12.2. The number of ether oxygens (including phenoxy) is 2. The van der Waals surface area contributed by atoms with Gasteiger partial charge in [0.25, 0.3) is 0 Å². The van der Waals surface area contributed by atoms with Crippen molar-refractivity contribution < 1.29 is 19.4 Å². The van der Waals surface area contributed by atoms with Crippen LogP contribution in [0.3, 0.4) is 0 Å². The average Bonchev–Trinajstić information content (AvgIpc) is 3.02. The number of methoxy groups -OCH3 is 1. The highest BCUT2D eigenvalue weighted by atomic mass is 16.5. The van der Waals surface area contributed by atoms with Gasteiger partial charge in [0.05, 0.1) is 0 Å². The Kier molecular flexibility index (Phi) is 4.21. The SMILES string of the molecule is C#N.COC1C(C(C)=O)CC2C3Cc4ccc(O)c5c4C2(CCN3C)C1O5.